The van der Waals surface area contributed by atoms with E-state index < -0.39 is 0 Å². The molecule has 0 aliphatic carbocycles. The standard InChI is InChI=1S/C19H29NO3/c1-21-12-13-22-18-6-9-20(10-7-18)15-16-8-11-23-19-5-3-2-4-17(19)14-16/h2-5,16,18H,6-15H2,1H3. The van der Waals surface area contributed by atoms with E-state index in [9.17, 15) is 0 Å². The highest BCUT2D eigenvalue weighted by Gasteiger charge is 2.24. The van der Waals surface area contributed by atoms with Crippen LogP contribution in [0.4, 0.5) is 0 Å². The lowest BCUT2D eigenvalue weighted by atomic mass is 9.95. The third kappa shape index (κ3) is 4.93. The molecule has 0 amide bonds. The first kappa shape index (κ1) is 16.7. The van der Waals surface area contributed by atoms with Gasteiger partial charge in [-0.05, 0) is 43.2 Å². The number of ether oxygens (including phenoxy) is 3. The van der Waals surface area contributed by atoms with Crippen LogP contribution >= 0.6 is 0 Å². The third-order valence-corrected chi connectivity index (χ3v) is 4.96. The number of rotatable bonds is 6. The number of benzene rings is 1. The minimum absolute atomic E-state index is 0.416. The van der Waals surface area contributed by atoms with E-state index in [4.69, 9.17) is 14.2 Å². The van der Waals surface area contributed by atoms with Gasteiger partial charge in [0.1, 0.15) is 5.75 Å². The molecule has 0 aromatic heterocycles. The normalized spacial score (nSPS) is 23.1. The zero-order chi connectivity index (χ0) is 15.9. The molecule has 2 aliphatic rings. The molecule has 1 aromatic rings. The summed E-state index contributed by atoms with van der Waals surface area (Å²) in [5.41, 5.74) is 1.37. The smallest absolute Gasteiger partial charge is 0.122 e. The average molecular weight is 319 g/mol. The maximum absolute atomic E-state index is 5.89. The van der Waals surface area contributed by atoms with Gasteiger partial charge in [-0.2, -0.15) is 0 Å². The van der Waals surface area contributed by atoms with Crippen LogP contribution in [-0.4, -0.2) is 57.6 Å². The first-order valence-corrected chi connectivity index (χ1v) is 8.88. The Morgan fingerprint density at radius 2 is 1.96 bits per heavy atom. The van der Waals surface area contributed by atoms with E-state index in [-0.39, 0.29) is 0 Å². The molecule has 3 rings (SSSR count). The Balaban J connectivity index is 1.44. The molecule has 128 valence electrons. The number of piperidine rings is 1. The van der Waals surface area contributed by atoms with Crippen molar-refractivity contribution in [3.8, 4) is 5.75 Å². The molecule has 4 nitrogen and oxygen atoms in total. The highest BCUT2D eigenvalue weighted by Crippen LogP contribution is 2.27. The van der Waals surface area contributed by atoms with Gasteiger partial charge in [0.25, 0.3) is 0 Å². The molecule has 1 unspecified atom stereocenters. The van der Waals surface area contributed by atoms with Gasteiger partial charge in [-0.3, -0.25) is 0 Å². The molecule has 1 saturated heterocycles. The molecule has 0 saturated carbocycles. The summed E-state index contributed by atoms with van der Waals surface area (Å²) in [4.78, 5) is 2.61. The minimum atomic E-state index is 0.416. The van der Waals surface area contributed by atoms with Crippen molar-refractivity contribution in [2.45, 2.75) is 31.8 Å². The number of nitrogens with zero attached hydrogens (tertiary/aromatic N) is 1. The fourth-order valence-corrected chi connectivity index (χ4v) is 3.64. The molecule has 1 atom stereocenters. The number of fused-ring (bicyclic) bond motifs is 1. The van der Waals surface area contributed by atoms with Crippen molar-refractivity contribution < 1.29 is 14.2 Å². The van der Waals surface area contributed by atoms with E-state index >= 15 is 0 Å². The van der Waals surface area contributed by atoms with Gasteiger partial charge < -0.3 is 19.1 Å². The van der Waals surface area contributed by atoms with Crippen molar-refractivity contribution in [2.75, 3.05) is 46.6 Å². The molecule has 23 heavy (non-hydrogen) atoms. The second kappa shape index (κ2) is 8.67. The lowest BCUT2D eigenvalue weighted by Crippen LogP contribution is -2.40. The Bertz CT molecular complexity index is 471. The summed E-state index contributed by atoms with van der Waals surface area (Å²) in [5.74, 6) is 1.78. The van der Waals surface area contributed by atoms with Gasteiger partial charge in [0, 0.05) is 26.7 Å². The van der Waals surface area contributed by atoms with Gasteiger partial charge in [0.05, 0.1) is 25.9 Å². The largest absolute Gasteiger partial charge is 0.493 e. The number of para-hydroxylation sites is 1. The van der Waals surface area contributed by atoms with Crippen molar-refractivity contribution in [3.63, 3.8) is 0 Å². The second-order valence-corrected chi connectivity index (χ2v) is 6.68. The Kier molecular flexibility index (Phi) is 6.31. The topological polar surface area (TPSA) is 30.9 Å². The Labute approximate surface area is 139 Å². The van der Waals surface area contributed by atoms with Crippen LogP contribution in [0.25, 0.3) is 0 Å². The first-order chi connectivity index (χ1) is 11.3. The van der Waals surface area contributed by atoms with E-state index in [2.05, 4.69) is 29.2 Å². The molecule has 1 fully saturated rings. The van der Waals surface area contributed by atoms with Crippen molar-refractivity contribution in [1.29, 1.82) is 0 Å². The van der Waals surface area contributed by atoms with Crippen molar-refractivity contribution in [3.05, 3.63) is 29.8 Å². The van der Waals surface area contributed by atoms with Gasteiger partial charge >= 0.3 is 0 Å². The molecule has 4 heteroatoms. The average Bonchev–Trinajstić information content (AvgIpc) is 2.78. The number of likely N-dealkylation sites (tertiary alicyclic amines) is 1. The van der Waals surface area contributed by atoms with Crippen LogP contribution in [0, 0.1) is 5.92 Å². The lowest BCUT2D eigenvalue weighted by molar-refractivity contribution is -0.0168. The minimum Gasteiger partial charge on any atom is -0.493 e. The van der Waals surface area contributed by atoms with Crippen LogP contribution in [0.2, 0.25) is 0 Å². The quantitative estimate of drug-likeness (QED) is 0.755. The Hall–Kier alpha value is -1.10. The van der Waals surface area contributed by atoms with Crippen LogP contribution in [-0.2, 0) is 15.9 Å². The van der Waals surface area contributed by atoms with E-state index in [0.717, 1.165) is 57.7 Å². The maximum atomic E-state index is 5.89. The monoisotopic (exact) mass is 319 g/mol. The van der Waals surface area contributed by atoms with Gasteiger partial charge in [-0.25, -0.2) is 0 Å². The molecule has 0 N–H and O–H groups in total. The predicted molar refractivity (Wildman–Crippen MR) is 91.0 cm³/mol. The van der Waals surface area contributed by atoms with Gasteiger partial charge in [0.2, 0.25) is 0 Å². The fourth-order valence-electron chi connectivity index (χ4n) is 3.64. The van der Waals surface area contributed by atoms with Gasteiger partial charge in [-0.1, -0.05) is 18.2 Å². The summed E-state index contributed by atoms with van der Waals surface area (Å²) < 4.78 is 16.8. The molecular weight excluding hydrogens is 290 g/mol. The van der Waals surface area contributed by atoms with Gasteiger partial charge in [-0.15, -0.1) is 0 Å². The third-order valence-electron chi connectivity index (χ3n) is 4.96. The van der Waals surface area contributed by atoms with E-state index in [1.807, 2.05) is 0 Å². The summed E-state index contributed by atoms with van der Waals surface area (Å²) in [6.07, 6.45) is 4.99. The Morgan fingerprint density at radius 3 is 2.78 bits per heavy atom. The number of methoxy groups -OCH3 is 1. The van der Waals surface area contributed by atoms with Crippen molar-refractivity contribution in [1.82, 2.24) is 4.90 Å². The summed E-state index contributed by atoms with van der Waals surface area (Å²) in [7, 11) is 1.72. The number of hydrogen-bond acceptors (Lipinski definition) is 4. The maximum Gasteiger partial charge on any atom is 0.122 e. The molecule has 2 aliphatic heterocycles. The van der Waals surface area contributed by atoms with Crippen molar-refractivity contribution in [2.24, 2.45) is 5.92 Å². The van der Waals surface area contributed by atoms with E-state index in [1.54, 1.807) is 7.11 Å². The van der Waals surface area contributed by atoms with Crippen LogP contribution in [0.15, 0.2) is 24.3 Å². The van der Waals surface area contributed by atoms with Crippen LogP contribution < -0.4 is 4.74 Å². The first-order valence-electron chi connectivity index (χ1n) is 8.88. The fraction of sp³-hybridized carbons (Fsp3) is 0.684. The molecular formula is C19H29NO3. The highest BCUT2D eigenvalue weighted by molar-refractivity contribution is 5.34. The second-order valence-electron chi connectivity index (χ2n) is 6.68. The van der Waals surface area contributed by atoms with Gasteiger partial charge in [0.15, 0.2) is 0 Å². The predicted octanol–water partition coefficient (Wildman–Crippen LogP) is 2.76. The van der Waals surface area contributed by atoms with Crippen LogP contribution in [0.3, 0.4) is 0 Å². The summed E-state index contributed by atoms with van der Waals surface area (Å²) in [6.45, 7) is 5.74. The molecule has 0 radical (unpaired) electrons. The lowest BCUT2D eigenvalue weighted by Gasteiger charge is -2.34. The molecule has 0 bridgehead atoms. The summed E-state index contributed by atoms with van der Waals surface area (Å²) >= 11 is 0. The van der Waals surface area contributed by atoms with E-state index in [0.29, 0.717) is 18.6 Å². The zero-order valence-electron chi connectivity index (χ0n) is 14.2. The Morgan fingerprint density at radius 1 is 1.13 bits per heavy atom. The van der Waals surface area contributed by atoms with E-state index in [1.165, 1.54) is 12.1 Å². The summed E-state index contributed by atoms with van der Waals surface area (Å²) in [6, 6.07) is 8.49. The number of hydrogen-bond donors (Lipinski definition) is 0. The van der Waals surface area contributed by atoms with Crippen LogP contribution in [0.1, 0.15) is 24.8 Å². The SMILES string of the molecule is COCCOC1CCN(CC2CCOc3ccccc3C2)CC1. The zero-order valence-corrected chi connectivity index (χ0v) is 14.2. The van der Waals surface area contributed by atoms with Crippen LogP contribution in [0.5, 0.6) is 5.75 Å². The molecule has 2 heterocycles. The molecule has 1 aromatic carbocycles. The summed E-state index contributed by atoms with van der Waals surface area (Å²) in [5, 5.41) is 0. The molecule has 0 spiro atoms. The highest BCUT2D eigenvalue weighted by atomic mass is 16.5. The van der Waals surface area contributed by atoms with Crippen molar-refractivity contribution >= 4 is 0 Å².